The number of hydrogen-bond donors (Lipinski definition) is 3. The van der Waals surface area contributed by atoms with E-state index >= 15 is 0 Å². The van der Waals surface area contributed by atoms with Crippen LogP contribution in [0.5, 0.6) is 0 Å². The third-order valence-corrected chi connectivity index (χ3v) is 4.34. The number of anilines is 1. The van der Waals surface area contributed by atoms with E-state index in [0.29, 0.717) is 41.7 Å². The predicted octanol–water partition coefficient (Wildman–Crippen LogP) is 3.75. The highest BCUT2D eigenvalue weighted by Gasteiger charge is 2.22. The minimum Gasteiger partial charge on any atom is -0.352 e. The molecule has 5 nitrogen and oxygen atoms in total. The molecule has 0 spiro atoms. The van der Waals surface area contributed by atoms with Crippen molar-refractivity contribution in [3.8, 4) is 0 Å². The summed E-state index contributed by atoms with van der Waals surface area (Å²) in [5, 5.41) is 6.22. The zero-order chi connectivity index (χ0) is 17.4. The minimum atomic E-state index is -0.192. The SMILES string of the molecule is Cl.NCCCCCCC(=O)Nc1ccc(Cl)cc1C(=O)NCC1CC1. The van der Waals surface area contributed by atoms with Crippen molar-refractivity contribution >= 4 is 41.5 Å². The molecule has 0 atom stereocenters. The van der Waals surface area contributed by atoms with Gasteiger partial charge in [0.2, 0.25) is 5.91 Å². The predicted molar refractivity (Wildman–Crippen MR) is 105 cm³/mol. The van der Waals surface area contributed by atoms with Crippen molar-refractivity contribution in [2.45, 2.75) is 44.9 Å². The van der Waals surface area contributed by atoms with Crippen molar-refractivity contribution < 1.29 is 9.59 Å². The molecule has 0 aliphatic heterocycles. The number of carbonyl (C=O) groups is 2. The molecular formula is C18H27Cl2N3O2. The standard InChI is InChI=1S/C18H26ClN3O2.ClH/c19-14-8-9-16(22-17(23)5-3-1-2-4-10-20)15(11-14)18(24)21-12-13-6-7-13;/h8-9,11,13H,1-7,10,12,20H2,(H,21,24)(H,22,23);1H. The van der Waals surface area contributed by atoms with Gasteiger partial charge in [-0.3, -0.25) is 9.59 Å². The van der Waals surface area contributed by atoms with Gasteiger partial charge in [-0.15, -0.1) is 12.4 Å². The van der Waals surface area contributed by atoms with Crippen LogP contribution in [0.25, 0.3) is 0 Å². The highest BCUT2D eigenvalue weighted by Crippen LogP contribution is 2.28. The average molecular weight is 388 g/mol. The van der Waals surface area contributed by atoms with Crippen molar-refractivity contribution in [1.82, 2.24) is 5.32 Å². The number of amides is 2. The summed E-state index contributed by atoms with van der Waals surface area (Å²) in [5.41, 5.74) is 6.38. The Morgan fingerprint density at radius 1 is 1.16 bits per heavy atom. The van der Waals surface area contributed by atoms with Gasteiger partial charge >= 0.3 is 0 Å². The Morgan fingerprint density at radius 3 is 2.56 bits per heavy atom. The average Bonchev–Trinajstić information content (AvgIpc) is 3.38. The summed E-state index contributed by atoms with van der Waals surface area (Å²) in [6.07, 6.45) is 6.62. The molecule has 1 aromatic carbocycles. The molecule has 0 heterocycles. The van der Waals surface area contributed by atoms with E-state index in [1.807, 2.05) is 0 Å². The maximum atomic E-state index is 12.3. The van der Waals surface area contributed by atoms with E-state index in [0.717, 1.165) is 25.7 Å². The second-order valence-electron chi connectivity index (χ2n) is 6.34. The topological polar surface area (TPSA) is 84.2 Å². The largest absolute Gasteiger partial charge is 0.352 e. The maximum Gasteiger partial charge on any atom is 0.253 e. The molecule has 1 aliphatic carbocycles. The molecule has 0 bridgehead atoms. The number of rotatable bonds is 10. The number of carbonyl (C=O) groups excluding carboxylic acids is 2. The number of unbranched alkanes of at least 4 members (excludes halogenated alkanes) is 3. The van der Waals surface area contributed by atoms with Gasteiger partial charge in [0.1, 0.15) is 0 Å². The quantitative estimate of drug-likeness (QED) is 0.534. The summed E-state index contributed by atoms with van der Waals surface area (Å²) in [6, 6.07) is 4.96. The van der Waals surface area contributed by atoms with Gasteiger partial charge < -0.3 is 16.4 Å². The molecule has 0 aromatic heterocycles. The molecule has 2 rings (SSSR count). The summed E-state index contributed by atoms with van der Waals surface area (Å²) in [7, 11) is 0. The van der Waals surface area contributed by atoms with Gasteiger partial charge in [0.15, 0.2) is 0 Å². The Hall–Kier alpha value is -1.30. The number of nitrogens with two attached hydrogens (primary N) is 1. The Kier molecular flexibility index (Phi) is 9.86. The van der Waals surface area contributed by atoms with Crippen LogP contribution in [-0.2, 0) is 4.79 Å². The summed E-state index contributed by atoms with van der Waals surface area (Å²) in [4.78, 5) is 24.4. The van der Waals surface area contributed by atoms with Gasteiger partial charge in [-0.2, -0.15) is 0 Å². The number of nitrogens with one attached hydrogen (secondary N) is 2. The fourth-order valence-electron chi connectivity index (χ4n) is 2.46. The van der Waals surface area contributed by atoms with Crippen molar-refractivity contribution in [3.63, 3.8) is 0 Å². The molecule has 1 saturated carbocycles. The van der Waals surface area contributed by atoms with E-state index in [1.54, 1.807) is 18.2 Å². The third-order valence-electron chi connectivity index (χ3n) is 4.11. The lowest BCUT2D eigenvalue weighted by molar-refractivity contribution is -0.116. The fraction of sp³-hybridized carbons (Fsp3) is 0.556. The number of hydrogen-bond acceptors (Lipinski definition) is 3. The van der Waals surface area contributed by atoms with Crippen LogP contribution in [0.1, 0.15) is 55.3 Å². The second-order valence-corrected chi connectivity index (χ2v) is 6.78. The van der Waals surface area contributed by atoms with Crippen LogP contribution in [0.4, 0.5) is 5.69 Å². The van der Waals surface area contributed by atoms with Crippen molar-refractivity contribution in [2.24, 2.45) is 11.7 Å². The van der Waals surface area contributed by atoms with Crippen molar-refractivity contribution in [1.29, 1.82) is 0 Å². The van der Waals surface area contributed by atoms with E-state index in [4.69, 9.17) is 17.3 Å². The first-order valence-corrected chi connectivity index (χ1v) is 9.05. The lowest BCUT2D eigenvalue weighted by Crippen LogP contribution is -2.27. The van der Waals surface area contributed by atoms with Gasteiger partial charge in [-0.1, -0.05) is 24.4 Å². The first kappa shape index (κ1) is 21.7. The van der Waals surface area contributed by atoms with Gasteiger partial charge in [0, 0.05) is 18.0 Å². The molecule has 1 aliphatic rings. The van der Waals surface area contributed by atoms with Gasteiger partial charge in [-0.05, 0) is 56.3 Å². The Morgan fingerprint density at radius 2 is 1.88 bits per heavy atom. The van der Waals surface area contributed by atoms with Crippen LogP contribution < -0.4 is 16.4 Å². The normalized spacial score (nSPS) is 13.0. The van der Waals surface area contributed by atoms with Crippen molar-refractivity contribution in [3.05, 3.63) is 28.8 Å². The lowest BCUT2D eigenvalue weighted by Gasteiger charge is -2.12. The number of halogens is 2. The lowest BCUT2D eigenvalue weighted by atomic mass is 10.1. The van der Waals surface area contributed by atoms with Crippen LogP contribution in [0.15, 0.2) is 18.2 Å². The molecule has 0 radical (unpaired) electrons. The Balaban J connectivity index is 0.00000312. The van der Waals surface area contributed by atoms with Crippen LogP contribution in [0.2, 0.25) is 5.02 Å². The van der Waals surface area contributed by atoms with Crippen LogP contribution in [0.3, 0.4) is 0 Å². The fourth-order valence-corrected chi connectivity index (χ4v) is 2.64. The van der Waals surface area contributed by atoms with E-state index in [2.05, 4.69) is 10.6 Å². The number of benzene rings is 1. The highest BCUT2D eigenvalue weighted by atomic mass is 35.5. The van der Waals surface area contributed by atoms with Crippen LogP contribution in [-0.4, -0.2) is 24.9 Å². The molecule has 0 saturated heterocycles. The molecule has 7 heteroatoms. The molecule has 4 N–H and O–H groups in total. The highest BCUT2D eigenvalue weighted by molar-refractivity contribution is 6.31. The van der Waals surface area contributed by atoms with Crippen LogP contribution in [0, 0.1) is 5.92 Å². The summed E-state index contributed by atoms with van der Waals surface area (Å²) >= 11 is 6.00. The van der Waals surface area contributed by atoms with E-state index in [1.165, 1.54) is 12.8 Å². The minimum absolute atomic E-state index is 0. The van der Waals surface area contributed by atoms with E-state index in [9.17, 15) is 9.59 Å². The summed E-state index contributed by atoms with van der Waals surface area (Å²) in [6.45, 7) is 1.37. The maximum absolute atomic E-state index is 12.3. The summed E-state index contributed by atoms with van der Waals surface area (Å²) in [5.74, 6) is 0.323. The van der Waals surface area contributed by atoms with E-state index in [-0.39, 0.29) is 24.2 Å². The third kappa shape index (κ3) is 8.08. The first-order chi connectivity index (χ1) is 11.6. The smallest absolute Gasteiger partial charge is 0.253 e. The molecule has 140 valence electrons. The molecule has 1 aromatic rings. The van der Waals surface area contributed by atoms with E-state index < -0.39 is 0 Å². The zero-order valence-corrected chi connectivity index (χ0v) is 15.9. The molecule has 25 heavy (non-hydrogen) atoms. The molecule has 2 amide bonds. The zero-order valence-electron chi connectivity index (χ0n) is 14.4. The molecule has 1 fully saturated rings. The Labute approximate surface area is 160 Å². The van der Waals surface area contributed by atoms with Gasteiger partial charge in [-0.25, -0.2) is 0 Å². The first-order valence-electron chi connectivity index (χ1n) is 8.68. The van der Waals surface area contributed by atoms with Gasteiger partial charge in [0.25, 0.3) is 5.91 Å². The Bertz CT molecular complexity index is 577. The van der Waals surface area contributed by atoms with Crippen molar-refractivity contribution in [2.75, 3.05) is 18.4 Å². The second kappa shape index (κ2) is 11.3. The summed E-state index contributed by atoms with van der Waals surface area (Å²) < 4.78 is 0. The molecule has 0 unspecified atom stereocenters. The molecular weight excluding hydrogens is 361 g/mol. The van der Waals surface area contributed by atoms with Gasteiger partial charge in [0.05, 0.1) is 11.3 Å². The monoisotopic (exact) mass is 387 g/mol. The van der Waals surface area contributed by atoms with Crippen LogP contribution >= 0.6 is 24.0 Å².